The van der Waals surface area contributed by atoms with Gasteiger partial charge in [-0.3, -0.25) is 9.59 Å². The third kappa shape index (κ3) is 2.25. The van der Waals surface area contributed by atoms with Gasteiger partial charge in [-0.05, 0) is 19.9 Å². The monoisotopic (exact) mass is 299 g/mol. The maximum Gasteiger partial charge on any atom is 0.247 e. The molecule has 1 amide bonds. The van der Waals surface area contributed by atoms with Crippen molar-refractivity contribution in [2.75, 3.05) is 20.1 Å². The van der Waals surface area contributed by atoms with E-state index in [0.29, 0.717) is 6.54 Å². The number of sulfonamides is 1. The van der Waals surface area contributed by atoms with Crippen LogP contribution in [-0.4, -0.2) is 54.2 Å². The minimum absolute atomic E-state index is 0.0254. The number of carbonyl (C=O) groups excluding carboxylic acids is 1. The largest absolute Gasteiger partial charge is 0.343 e. The average molecular weight is 299 g/mol. The molecule has 0 bridgehead atoms. The zero-order valence-corrected chi connectivity index (χ0v) is 12.4. The second kappa shape index (κ2) is 4.71. The van der Waals surface area contributed by atoms with Gasteiger partial charge in [0.05, 0.1) is 4.90 Å². The Hall–Kier alpha value is -1.67. The third-order valence-electron chi connectivity index (χ3n) is 3.48. The van der Waals surface area contributed by atoms with Crippen LogP contribution in [0.5, 0.6) is 0 Å². The minimum Gasteiger partial charge on any atom is -0.343 e. The van der Waals surface area contributed by atoms with Crippen molar-refractivity contribution < 1.29 is 13.2 Å². The number of nitrogens with one attached hydrogen (secondary N) is 1. The van der Waals surface area contributed by atoms with Crippen molar-refractivity contribution >= 4 is 15.9 Å². The van der Waals surface area contributed by atoms with Gasteiger partial charge in [-0.15, -0.1) is 0 Å². The summed E-state index contributed by atoms with van der Waals surface area (Å²) in [6.45, 7) is 3.71. The van der Waals surface area contributed by atoms with Gasteiger partial charge in [-0.25, -0.2) is 8.42 Å². The normalized spacial score (nSPS) is 20.1. The van der Waals surface area contributed by atoms with Crippen LogP contribution in [-0.2, 0) is 14.8 Å². The van der Waals surface area contributed by atoms with E-state index in [-0.39, 0.29) is 22.9 Å². The van der Waals surface area contributed by atoms with Crippen LogP contribution in [0.2, 0.25) is 0 Å². The fraction of sp³-hybridized carbons (Fsp3) is 0.500. The first-order valence-electron chi connectivity index (χ1n) is 6.14. The number of likely N-dealkylation sites (N-methyl/N-ethyl adjacent to an activating group) is 1. The van der Waals surface area contributed by atoms with Crippen molar-refractivity contribution in [1.82, 2.24) is 14.2 Å². The van der Waals surface area contributed by atoms with Crippen molar-refractivity contribution in [2.24, 2.45) is 0 Å². The lowest BCUT2D eigenvalue weighted by atomic mass is 10.0. The Morgan fingerprint density at radius 2 is 1.85 bits per heavy atom. The van der Waals surface area contributed by atoms with Crippen LogP contribution in [0.3, 0.4) is 0 Å². The molecule has 1 aromatic rings. The zero-order valence-electron chi connectivity index (χ0n) is 11.6. The van der Waals surface area contributed by atoms with E-state index in [0.717, 1.165) is 12.3 Å². The highest BCUT2D eigenvalue weighted by Crippen LogP contribution is 2.28. The van der Waals surface area contributed by atoms with Crippen molar-refractivity contribution in [2.45, 2.75) is 24.3 Å². The molecule has 0 aromatic carbocycles. The first-order chi connectivity index (χ1) is 9.17. The second-order valence-electron chi connectivity index (χ2n) is 5.25. The molecule has 0 aliphatic carbocycles. The molecular formula is C12H17N3O4S. The number of rotatable bonds is 2. The first kappa shape index (κ1) is 14.7. The standard InChI is InChI=1S/C12H17N3O4S/c1-12(2)11(17)14(3)6-7-15(12)20(18,19)9-4-5-10(16)13-8-9/h4-5,8H,6-7H2,1-3H3,(H,13,16). The summed E-state index contributed by atoms with van der Waals surface area (Å²) >= 11 is 0. The van der Waals surface area contributed by atoms with Crippen LogP contribution in [0.15, 0.2) is 28.0 Å². The number of piperazine rings is 1. The van der Waals surface area contributed by atoms with Crippen molar-refractivity contribution in [3.63, 3.8) is 0 Å². The molecule has 20 heavy (non-hydrogen) atoms. The van der Waals surface area contributed by atoms with Crippen LogP contribution in [0.4, 0.5) is 0 Å². The van der Waals surface area contributed by atoms with E-state index in [1.165, 1.54) is 15.3 Å². The number of aromatic nitrogens is 1. The molecule has 110 valence electrons. The molecule has 7 nitrogen and oxygen atoms in total. The molecule has 0 unspecified atom stereocenters. The maximum atomic E-state index is 12.6. The van der Waals surface area contributed by atoms with Gasteiger partial charge < -0.3 is 9.88 Å². The van der Waals surface area contributed by atoms with E-state index >= 15 is 0 Å². The molecule has 0 radical (unpaired) electrons. The number of hydrogen-bond donors (Lipinski definition) is 1. The van der Waals surface area contributed by atoms with E-state index in [9.17, 15) is 18.0 Å². The van der Waals surface area contributed by atoms with Crippen molar-refractivity contribution in [1.29, 1.82) is 0 Å². The molecule has 2 heterocycles. The number of H-pyrrole nitrogens is 1. The predicted molar refractivity (Wildman–Crippen MR) is 72.7 cm³/mol. The van der Waals surface area contributed by atoms with E-state index in [2.05, 4.69) is 4.98 Å². The van der Waals surface area contributed by atoms with Crippen LogP contribution in [0.25, 0.3) is 0 Å². The minimum atomic E-state index is -3.83. The van der Waals surface area contributed by atoms with E-state index in [1.54, 1.807) is 20.9 Å². The molecule has 0 atom stereocenters. The number of carbonyl (C=O) groups is 1. The van der Waals surface area contributed by atoms with Gasteiger partial charge in [-0.2, -0.15) is 4.31 Å². The van der Waals surface area contributed by atoms with Gasteiger partial charge in [0.1, 0.15) is 5.54 Å². The van der Waals surface area contributed by atoms with E-state index < -0.39 is 15.6 Å². The number of amides is 1. The Morgan fingerprint density at radius 3 is 2.40 bits per heavy atom. The molecule has 1 aliphatic rings. The summed E-state index contributed by atoms with van der Waals surface area (Å²) in [5.41, 5.74) is -1.53. The highest BCUT2D eigenvalue weighted by atomic mass is 32.2. The fourth-order valence-electron chi connectivity index (χ4n) is 2.30. The van der Waals surface area contributed by atoms with Crippen LogP contribution in [0, 0.1) is 0 Å². The summed E-state index contributed by atoms with van der Waals surface area (Å²) < 4.78 is 26.4. The molecule has 0 saturated carbocycles. The third-order valence-corrected chi connectivity index (χ3v) is 5.54. The highest BCUT2D eigenvalue weighted by Gasteiger charge is 2.46. The summed E-state index contributed by atoms with van der Waals surface area (Å²) in [5, 5.41) is 0. The Labute approximate surface area is 117 Å². The summed E-state index contributed by atoms with van der Waals surface area (Å²) in [7, 11) is -2.18. The lowest BCUT2D eigenvalue weighted by Crippen LogP contribution is -2.63. The quantitative estimate of drug-likeness (QED) is 0.805. The first-order valence-corrected chi connectivity index (χ1v) is 7.58. The van der Waals surface area contributed by atoms with E-state index in [1.807, 2.05) is 0 Å². The second-order valence-corrected chi connectivity index (χ2v) is 7.11. The van der Waals surface area contributed by atoms with Crippen LogP contribution < -0.4 is 5.56 Å². The number of aromatic amines is 1. The molecule has 1 aliphatic heterocycles. The summed E-state index contributed by atoms with van der Waals surface area (Å²) in [6, 6.07) is 2.39. The van der Waals surface area contributed by atoms with Gasteiger partial charge in [0.2, 0.25) is 21.5 Å². The van der Waals surface area contributed by atoms with Gasteiger partial charge in [0.25, 0.3) is 0 Å². The van der Waals surface area contributed by atoms with Gasteiger partial charge in [0, 0.05) is 32.4 Å². The molecule has 2 rings (SSSR count). The predicted octanol–water partition coefficient (Wildman–Crippen LogP) is -0.384. The molecule has 1 fully saturated rings. The summed E-state index contributed by atoms with van der Waals surface area (Å²) in [4.78, 5) is 27.0. The molecule has 0 spiro atoms. The average Bonchev–Trinajstić information content (AvgIpc) is 2.36. The molecule has 1 N–H and O–H groups in total. The topological polar surface area (TPSA) is 90.6 Å². The van der Waals surface area contributed by atoms with Gasteiger partial charge in [-0.1, -0.05) is 0 Å². The van der Waals surface area contributed by atoms with Crippen LogP contribution >= 0.6 is 0 Å². The summed E-state index contributed by atoms with van der Waals surface area (Å²) in [6.07, 6.45) is 1.15. The Morgan fingerprint density at radius 1 is 1.20 bits per heavy atom. The number of nitrogens with zero attached hydrogens (tertiary/aromatic N) is 2. The maximum absolute atomic E-state index is 12.6. The lowest BCUT2D eigenvalue weighted by molar-refractivity contribution is -0.142. The highest BCUT2D eigenvalue weighted by molar-refractivity contribution is 7.89. The zero-order chi connectivity index (χ0) is 15.1. The smallest absolute Gasteiger partial charge is 0.247 e. The summed E-state index contributed by atoms with van der Waals surface area (Å²) in [5.74, 6) is -0.253. The lowest BCUT2D eigenvalue weighted by Gasteiger charge is -2.43. The SMILES string of the molecule is CN1CCN(S(=O)(=O)c2ccc(=O)[nH]c2)C(C)(C)C1=O. The van der Waals surface area contributed by atoms with Gasteiger partial charge in [0.15, 0.2) is 0 Å². The molecule has 1 saturated heterocycles. The molecule has 8 heteroatoms. The van der Waals surface area contributed by atoms with E-state index in [4.69, 9.17) is 0 Å². The van der Waals surface area contributed by atoms with Crippen molar-refractivity contribution in [3.05, 3.63) is 28.7 Å². The molecule has 1 aromatic heterocycles. The number of pyridine rings is 1. The molecular weight excluding hydrogens is 282 g/mol. The van der Waals surface area contributed by atoms with Crippen molar-refractivity contribution in [3.8, 4) is 0 Å². The number of hydrogen-bond acceptors (Lipinski definition) is 4. The Bertz CT molecular complexity index is 672. The Kier molecular flexibility index (Phi) is 3.47. The van der Waals surface area contributed by atoms with Crippen LogP contribution in [0.1, 0.15) is 13.8 Å². The fourth-order valence-corrected chi connectivity index (χ4v) is 4.00. The van der Waals surface area contributed by atoms with Gasteiger partial charge >= 0.3 is 0 Å². The Balaban J connectivity index is 2.46.